The van der Waals surface area contributed by atoms with Crippen molar-refractivity contribution in [1.82, 2.24) is 10.0 Å². The number of carbonyl (C=O) groups excluding carboxylic acids is 1. The molecule has 0 saturated carbocycles. The molecule has 2 aromatic rings. The fourth-order valence-electron chi connectivity index (χ4n) is 3.29. The van der Waals surface area contributed by atoms with Gasteiger partial charge in [-0.15, -0.1) is 0 Å². The van der Waals surface area contributed by atoms with Crippen molar-refractivity contribution in [1.29, 1.82) is 0 Å². The number of carbonyl (C=O) groups is 1. The Morgan fingerprint density at radius 3 is 2.46 bits per heavy atom. The minimum Gasteiger partial charge on any atom is -0.497 e. The molecule has 1 amide bonds. The van der Waals surface area contributed by atoms with E-state index in [1.165, 1.54) is 5.56 Å². The molecule has 0 aromatic heterocycles. The summed E-state index contributed by atoms with van der Waals surface area (Å²) in [4.78, 5) is 12.3. The first-order valence-corrected chi connectivity index (χ1v) is 11.0. The largest absolute Gasteiger partial charge is 0.497 e. The van der Waals surface area contributed by atoms with Gasteiger partial charge in [-0.25, -0.2) is 13.1 Å². The number of amides is 1. The monoisotopic (exact) mass is 402 g/mol. The van der Waals surface area contributed by atoms with E-state index in [0.717, 1.165) is 42.6 Å². The molecule has 0 bridgehead atoms. The molecule has 0 spiro atoms. The minimum absolute atomic E-state index is 0.0634. The normalized spacial score (nSPS) is 13.6. The van der Waals surface area contributed by atoms with Gasteiger partial charge in [0, 0.05) is 19.5 Å². The van der Waals surface area contributed by atoms with Crippen LogP contribution < -0.4 is 14.8 Å². The Morgan fingerprint density at radius 1 is 1.04 bits per heavy atom. The van der Waals surface area contributed by atoms with Crippen LogP contribution in [0.5, 0.6) is 5.75 Å². The van der Waals surface area contributed by atoms with E-state index < -0.39 is 10.0 Å². The molecule has 0 unspecified atom stereocenters. The number of sulfonamides is 1. The molecule has 3 rings (SSSR count). The van der Waals surface area contributed by atoms with Gasteiger partial charge in [0.2, 0.25) is 15.9 Å². The second-order valence-electron chi connectivity index (χ2n) is 6.91. The highest BCUT2D eigenvalue weighted by atomic mass is 32.2. The van der Waals surface area contributed by atoms with Crippen molar-refractivity contribution in [3.8, 4) is 5.75 Å². The molecule has 0 fully saturated rings. The number of hydrogen-bond donors (Lipinski definition) is 2. The zero-order chi connectivity index (χ0) is 20.0. The summed E-state index contributed by atoms with van der Waals surface area (Å²) in [7, 11) is -2.01. The molecule has 0 aliphatic heterocycles. The van der Waals surface area contributed by atoms with Gasteiger partial charge in [-0.05, 0) is 66.6 Å². The molecular weight excluding hydrogens is 376 g/mol. The van der Waals surface area contributed by atoms with Crippen molar-refractivity contribution in [2.24, 2.45) is 0 Å². The van der Waals surface area contributed by atoms with Crippen LogP contribution in [0.1, 0.15) is 36.0 Å². The molecule has 150 valence electrons. The summed E-state index contributed by atoms with van der Waals surface area (Å²) in [6, 6.07) is 12.7. The van der Waals surface area contributed by atoms with E-state index in [2.05, 4.69) is 10.0 Å². The second kappa shape index (κ2) is 9.21. The highest BCUT2D eigenvalue weighted by Crippen LogP contribution is 2.24. The Balaban J connectivity index is 1.47. The Bertz CT molecular complexity index is 924. The predicted molar refractivity (Wildman–Crippen MR) is 108 cm³/mol. The average Bonchev–Trinajstić information content (AvgIpc) is 2.72. The minimum atomic E-state index is -3.61. The van der Waals surface area contributed by atoms with Gasteiger partial charge in [0.1, 0.15) is 5.75 Å². The molecule has 2 N–H and O–H groups in total. The summed E-state index contributed by atoms with van der Waals surface area (Å²) < 4.78 is 32.6. The van der Waals surface area contributed by atoms with Crippen molar-refractivity contribution in [2.75, 3.05) is 13.7 Å². The van der Waals surface area contributed by atoms with E-state index in [-0.39, 0.29) is 23.8 Å². The molecule has 0 heterocycles. The first kappa shape index (κ1) is 20.4. The van der Waals surface area contributed by atoms with Crippen LogP contribution in [0.3, 0.4) is 0 Å². The van der Waals surface area contributed by atoms with E-state index in [4.69, 9.17) is 4.74 Å². The number of nitrogens with one attached hydrogen (secondary N) is 2. The highest BCUT2D eigenvalue weighted by Gasteiger charge is 2.17. The summed E-state index contributed by atoms with van der Waals surface area (Å²) in [5.41, 5.74) is 3.30. The number of hydrogen-bond acceptors (Lipinski definition) is 4. The van der Waals surface area contributed by atoms with Crippen LogP contribution >= 0.6 is 0 Å². The van der Waals surface area contributed by atoms with Gasteiger partial charge in [-0.3, -0.25) is 4.79 Å². The number of ether oxygens (including phenoxy) is 1. The Kier molecular flexibility index (Phi) is 6.70. The van der Waals surface area contributed by atoms with Crippen LogP contribution in [0.25, 0.3) is 0 Å². The summed E-state index contributed by atoms with van der Waals surface area (Å²) in [6.45, 7) is 0.453. The van der Waals surface area contributed by atoms with Crippen molar-refractivity contribution < 1.29 is 17.9 Å². The third kappa shape index (κ3) is 5.33. The predicted octanol–water partition coefficient (Wildman–Crippen LogP) is 2.56. The lowest BCUT2D eigenvalue weighted by molar-refractivity contribution is -0.121. The quantitative estimate of drug-likeness (QED) is 0.711. The van der Waals surface area contributed by atoms with Gasteiger partial charge in [0.15, 0.2) is 0 Å². The summed E-state index contributed by atoms with van der Waals surface area (Å²) >= 11 is 0. The number of benzene rings is 2. The lowest BCUT2D eigenvalue weighted by atomic mass is 9.92. The van der Waals surface area contributed by atoms with Crippen LogP contribution in [0.4, 0.5) is 0 Å². The van der Waals surface area contributed by atoms with Crippen LogP contribution in [0, 0.1) is 0 Å². The van der Waals surface area contributed by atoms with Gasteiger partial charge >= 0.3 is 0 Å². The maximum Gasteiger partial charge on any atom is 0.240 e. The highest BCUT2D eigenvalue weighted by molar-refractivity contribution is 7.89. The van der Waals surface area contributed by atoms with E-state index in [1.54, 1.807) is 19.2 Å². The summed E-state index contributed by atoms with van der Waals surface area (Å²) in [6.07, 6.45) is 4.27. The summed E-state index contributed by atoms with van der Waals surface area (Å²) in [5, 5.41) is 2.79. The Morgan fingerprint density at radius 2 is 1.75 bits per heavy atom. The second-order valence-corrected chi connectivity index (χ2v) is 8.68. The van der Waals surface area contributed by atoms with E-state index >= 15 is 0 Å². The molecule has 1 aliphatic rings. The van der Waals surface area contributed by atoms with Crippen LogP contribution in [-0.2, 0) is 34.2 Å². The molecule has 7 heteroatoms. The van der Waals surface area contributed by atoms with Crippen molar-refractivity contribution in [3.05, 3.63) is 59.2 Å². The topological polar surface area (TPSA) is 84.5 Å². The summed E-state index contributed by atoms with van der Waals surface area (Å²) in [5.74, 6) is 0.551. The molecule has 0 radical (unpaired) electrons. The maximum atomic E-state index is 12.5. The van der Waals surface area contributed by atoms with E-state index in [0.29, 0.717) is 6.54 Å². The SMILES string of the molecule is COc1ccc(CNC(=O)CCNS(=O)(=O)c2ccc3c(c2)CCCC3)cc1. The third-order valence-electron chi connectivity index (χ3n) is 4.92. The van der Waals surface area contributed by atoms with Gasteiger partial charge in [0.05, 0.1) is 12.0 Å². The van der Waals surface area contributed by atoms with Gasteiger partial charge < -0.3 is 10.1 Å². The fourth-order valence-corrected chi connectivity index (χ4v) is 4.37. The number of fused-ring (bicyclic) bond motifs is 1. The Labute approximate surface area is 166 Å². The van der Waals surface area contributed by atoms with Crippen molar-refractivity contribution in [2.45, 2.75) is 43.5 Å². The zero-order valence-corrected chi connectivity index (χ0v) is 16.8. The molecule has 0 saturated heterocycles. The molecule has 28 heavy (non-hydrogen) atoms. The van der Waals surface area contributed by atoms with Crippen LogP contribution in [0.2, 0.25) is 0 Å². The molecule has 6 nitrogen and oxygen atoms in total. The lowest BCUT2D eigenvalue weighted by Crippen LogP contribution is -2.30. The maximum absolute atomic E-state index is 12.5. The van der Waals surface area contributed by atoms with Crippen LogP contribution in [-0.4, -0.2) is 28.0 Å². The van der Waals surface area contributed by atoms with Gasteiger partial charge in [-0.1, -0.05) is 18.2 Å². The number of rotatable bonds is 8. The molecular formula is C21H26N2O4S. The number of methoxy groups -OCH3 is 1. The number of aryl methyl sites for hydroxylation is 2. The first-order chi connectivity index (χ1) is 13.5. The smallest absolute Gasteiger partial charge is 0.240 e. The fraction of sp³-hybridized carbons (Fsp3) is 0.381. The van der Waals surface area contributed by atoms with E-state index in [1.807, 2.05) is 30.3 Å². The standard InChI is InChI=1S/C21H26N2O4S/c1-27-19-9-6-16(7-10-19)15-22-21(24)12-13-23-28(25,26)20-11-8-17-4-2-3-5-18(17)14-20/h6-11,14,23H,2-5,12-13,15H2,1H3,(H,22,24). The van der Waals surface area contributed by atoms with Gasteiger partial charge in [-0.2, -0.15) is 0 Å². The van der Waals surface area contributed by atoms with E-state index in [9.17, 15) is 13.2 Å². The molecule has 0 atom stereocenters. The zero-order valence-electron chi connectivity index (χ0n) is 16.0. The molecule has 1 aliphatic carbocycles. The first-order valence-electron chi connectivity index (χ1n) is 9.49. The average molecular weight is 403 g/mol. The Hall–Kier alpha value is -2.38. The van der Waals surface area contributed by atoms with Crippen molar-refractivity contribution >= 4 is 15.9 Å². The third-order valence-corrected chi connectivity index (χ3v) is 6.38. The van der Waals surface area contributed by atoms with Crippen LogP contribution in [0.15, 0.2) is 47.4 Å². The van der Waals surface area contributed by atoms with Crippen molar-refractivity contribution in [3.63, 3.8) is 0 Å². The van der Waals surface area contributed by atoms with Gasteiger partial charge in [0.25, 0.3) is 0 Å². The molecule has 2 aromatic carbocycles. The lowest BCUT2D eigenvalue weighted by Gasteiger charge is -2.16.